The number of para-hydroxylation sites is 1. The minimum Gasteiger partial charge on any atom is -0.381 e. The highest BCUT2D eigenvalue weighted by Gasteiger charge is 2.16. The lowest BCUT2D eigenvalue weighted by molar-refractivity contribution is 0.658. The van der Waals surface area contributed by atoms with Crippen LogP contribution in [0.4, 0.5) is 5.69 Å². The first-order valence-electron chi connectivity index (χ1n) is 5.03. The molecule has 76 valence electrons. The standard InChI is InChI=1S/C11H16N2S/c1-12-7-6-9-8-14-11-5-3-2-4-10(11)13-9/h2-5,9,12-13H,6-8H2,1H3. The smallest absolute Gasteiger partial charge is 0.0480 e. The third-order valence-electron chi connectivity index (χ3n) is 2.43. The maximum Gasteiger partial charge on any atom is 0.0480 e. The molecule has 0 aliphatic carbocycles. The molecule has 1 aliphatic heterocycles. The second-order valence-corrected chi connectivity index (χ2v) is 4.60. The van der Waals surface area contributed by atoms with Gasteiger partial charge in [0.2, 0.25) is 0 Å². The van der Waals surface area contributed by atoms with E-state index in [9.17, 15) is 0 Å². The molecule has 1 atom stereocenters. The van der Waals surface area contributed by atoms with Crippen LogP contribution in [0.2, 0.25) is 0 Å². The number of fused-ring (bicyclic) bond motifs is 1. The molecule has 0 saturated heterocycles. The lowest BCUT2D eigenvalue weighted by Gasteiger charge is -2.26. The van der Waals surface area contributed by atoms with Crippen LogP contribution < -0.4 is 10.6 Å². The molecule has 2 rings (SSSR count). The monoisotopic (exact) mass is 208 g/mol. The lowest BCUT2D eigenvalue weighted by atomic mass is 10.2. The van der Waals surface area contributed by atoms with E-state index in [0.29, 0.717) is 6.04 Å². The van der Waals surface area contributed by atoms with Gasteiger partial charge in [0.1, 0.15) is 0 Å². The van der Waals surface area contributed by atoms with Gasteiger partial charge in [0.05, 0.1) is 0 Å². The molecule has 0 spiro atoms. The van der Waals surface area contributed by atoms with E-state index in [-0.39, 0.29) is 0 Å². The molecular weight excluding hydrogens is 192 g/mol. The van der Waals surface area contributed by atoms with Gasteiger partial charge < -0.3 is 10.6 Å². The molecule has 1 heterocycles. The second-order valence-electron chi connectivity index (χ2n) is 3.54. The van der Waals surface area contributed by atoms with Crippen LogP contribution in [0.25, 0.3) is 0 Å². The molecule has 2 nitrogen and oxygen atoms in total. The molecule has 3 heteroatoms. The van der Waals surface area contributed by atoms with E-state index < -0.39 is 0 Å². The zero-order chi connectivity index (χ0) is 9.80. The van der Waals surface area contributed by atoms with Crippen molar-refractivity contribution >= 4 is 17.4 Å². The highest BCUT2D eigenvalue weighted by atomic mass is 32.2. The van der Waals surface area contributed by atoms with Gasteiger partial charge in [0.15, 0.2) is 0 Å². The molecule has 1 aromatic rings. The van der Waals surface area contributed by atoms with Gasteiger partial charge in [0, 0.05) is 22.4 Å². The molecule has 0 bridgehead atoms. The van der Waals surface area contributed by atoms with E-state index in [1.165, 1.54) is 22.8 Å². The van der Waals surface area contributed by atoms with E-state index in [1.54, 1.807) is 0 Å². The Bertz CT molecular complexity index is 301. The largest absolute Gasteiger partial charge is 0.381 e. The van der Waals surface area contributed by atoms with Crippen molar-refractivity contribution < 1.29 is 0 Å². The third-order valence-corrected chi connectivity index (χ3v) is 3.67. The van der Waals surface area contributed by atoms with Gasteiger partial charge in [-0.15, -0.1) is 11.8 Å². The van der Waals surface area contributed by atoms with Crippen molar-refractivity contribution in [3.8, 4) is 0 Å². The lowest BCUT2D eigenvalue weighted by Crippen LogP contribution is -2.29. The van der Waals surface area contributed by atoms with E-state index in [4.69, 9.17) is 0 Å². The summed E-state index contributed by atoms with van der Waals surface area (Å²) in [6.45, 7) is 1.08. The molecule has 14 heavy (non-hydrogen) atoms. The fourth-order valence-corrected chi connectivity index (χ4v) is 2.73. The summed E-state index contributed by atoms with van der Waals surface area (Å²) < 4.78 is 0. The molecule has 1 aliphatic rings. The Hall–Kier alpha value is -0.670. The molecule has 1 unspecified atom stereocenters. The van der Waals surface area contributed by atoms with Gasteiger partial charge in [-0.3, -0.25) is 0 Å². The SMILES string of the molecule is CNCCC1CSc2ccccc2N1. The molecule has 2 N–H and O–H groups in total. The van der Waals surface area contributed by atoms with Gasteiger partial charge in [-0.1, -0.05) is 12.1 Å². The maximum absolute atomic E-state index is 3.57. The highest BCUT2D eigenvalue weighted by Crippen LogP contribution is 2.33. The first-order chi connectivity index (χ1) is 6.90. The number of hydrogen-bond donors (Lipinski definition) is 2. The minimum atomic E-state index is 0.613. The van der Waals surface area contributed by atoms with Crippen LogP contribution >= 0.6 is 11.8 Å². The summed E-state index contributed by atoms with van der Waals surface area (Å²) >= 11 is 1.96. The first kappa shape index (κ1) is 9.87. The number of hydrogen-bond acceptors (Lipinski definition) is 3. The molecule has 0 saturated carbocycles. The van der Waals surface area contributed by atoms with E-state index in [0.717, 1.165) is 6.54 Å². The number of thioether (sulfide) groups is 1. The topological polar surface area (TPSA) is 24.1 Å². The zero-order valence-electron chi connectivity index (χ0n) is 8.42. The van der Waals surface area contributed by atoms with Crippen LogP contribution in [-0.4, -0.2) is 25.4 Å². The van der Waals surface area contributed by atoms with E-state index >= 15 is 0 Å². The second kappa shape index (κ2) is 4.71. The Labute approximate surface area is 89.5 Å². The minimum absolute atomic E-state index is 0.613. The third kappa shape index (κ3) is 2.22. The quantitative estimate of drug-likeness (QED) is 0.796. The van der Waals surface area contributed by atoms with Gasteiger partial charge in [-0.05, 0) is 32.1 Å². The number of rotatable bonds is 3. The van der Waals surface area contributed by atoms with E-state index in [2.05, 4.69) is 34.9 Å². The molecule has 0 aromatic heterocycles. The van der Waals surface area contributed by atoms with Gasteiger partial charge in [-0.25, -0.2) is 0 Å². The highest BCUT2D eigenvalue weighted by molar-refractivity contribution is 7.99. The van der Waals surface area contributed by atoms with Crippen LogP contribution in [0.3, 0.4) is 0 Å². The van der Waals surface area contributed by atoms with Gasteiger partial charge in [-0.2, -0.15) is 0 Å². The van der Waals surface area contributed by atoms with Crippen molar-refractivity contribution in [2.75, 3.05) is 24.7 Å². The first-order valence-corrected chi connectivity index (χ1v) is 6.01. The fourth-order valence-electron chi connectivity index (χ4n) is 1.64. The summed E-state index contributed by atoms with van der Waals surface area (Å²) in [5, 5.41) is 6.76. The summed E-state index contributed by atoms with van der Waals surface area (Å²) in [6, 6.07) is 9.14. The Kier molecular flexibility index (Phi) is 3.32. The van der Waals surface area contributed by atoms with Gasteiger partial charge >= 0.3 is 0 Å². The van der Waals surface area contributed by atoms with Crippen molar-refractivity contribution in [1.82, 2.24) is 5.32 Å². The molecule has 0 amide bonds. The summed E-state index contributed by atoms with van der Waals surface area (Å²) in [4.78, 5) is 1.38. The number of anilines is 1. The zero-order valence-corrected chi connectivity index (χ0v) is 9.23. The van der Waals surface area contributed by atoms with Crippen LogP contribution in [0.1, 0.15) is 6.42 Å². The van der Waals surface area contributed by atoms with Crippen molar-refractivity contribution in [3.05, 3.63) is 24.3 Å². The Balaban J connectivity index is 1.99. The Morgan fingerprint density at radius 1 is 1.50 bits per heavy atom. The fraction of sp³-hybridized carbons (Fsp3) is 0.455. The summed E-state index contributed by atoms with van der Waals surface area (Å²) in [5.74, 6) is 1.18. The Morgan fingerprint density at radius 2 is 2.36 bits per heavy atom. The average molecular weight is 208 g/mol. The van der Waals surface area contributed by atoms with Crippen molar-refractivity contribution in [1.29, 1.82) is 0 Å². The molecular formula is C11H16N2S. The van der Waals surface area contributed by atoms with Gasteiger partial charge in [0.25, 0.3) is 0 Å². The Morgan fingerprint density at radius 3 is 3.21 bits per heavy atom. The summed E-state index contributed by atoms with van der Waals surface area (Å²) in [7, 11) is 2.00. The van der Waals surface area contributed by atoms with Crippen LogP contribution in [0.15, 0.2) is 29.2 Å². The maximum atomic E-state index is 3.57. The molecule has 0 radical (unpaired) electrons. The molecule has 1 aromatic carbocycles. The average Bonchev–Trinajstić information content (AvgIpc) is 2.26. The van der Waals surface area contributed by atoms with Crippen LogP contribution in [0.5, 0.6) is 0 Å². The van der Waals surface area contributed by atoms with Crippen molar-refractivity contribution in [3.63, 3.8) is 0 Å². The summed E-state index contributed by atoms with van der Waals surface area (Å²) in [5.41, 5.74) is 1.30. The van der Waals surface area contributed by atoms with Crippen molar-refractivity contribution in [2.24, 2.45) is 0 Å². The number of nitrogens with one attached hydrogen (secondary N) is 2. The normalized spacial score (nSPS) is 19.9. The molecule has 0 fully saturated rings. The van der Waals surface area contributed by atoms with Crippen LogP contribution in [-0.2, 0) is 0 Å². The predicted octanol–water partition coefficient (Wildman–Crippen LogP) is 2.18. The predicted molar refractivity (Wildman–Crippen MR) is 63.1 cm³/mol. The summed E-state index contributed by atoms with van der Waals surface area (Å²) in [6.07, 6.45) is 1.19. The van der Waals surface area contributed by atoms with Crippen LogP contribution in [0, 0.1) is 0 Å². The van der Waals surface area contributed by atoms with E-state index in [1.807, 2.05) is 18.8 Å². The van der Waals surface area contributed by atoms with Crippen molar-refractivity contribution in [2.45, 2.75) is 17.4 Å². The number of benzene rings is 1.